The summed E-state index contributed by atoms with van der Waals surface area (Å²) >= 11 is 0. The number of hydrogen-bond donors (Lipinski definition) is 2. The van der Waals surface area contributed by atoms with Gasteiger partial charge in [0.05, 0.1) is 11.9 Å². The Labute approximate surface area is 120 Å². The Bertz CT molecular complexity index is 777. The molecule has 3 rings (SSSR count). The molecule has 0 saturated heterocycles. The van der Waals surface area contributed by atoms with E-state index in [2.05, 4.69) is 25.5 Å². The first kappa shape index (κ1) is 13.7. The Hall–Kier alpha value is -2.29. The molecule has 21 heavy (non-hydrogen) atoms. The van der Waals surface area contributed by atoms with Crippen LogP contribution in [0.3, 0.4) is 0 Å². The van der Waals surface area contributed by atoms with Gasteiger partial charge in [-0.1, -0.05) is 0 Å². The van der Waals surface area contributed by atoms with Crippen LogP contribution < -0.4 is 5.32 Å². The molecule has 1 aliphatic carbocycles. The molecule has 0 spiro atoms. The molecule has 110 valence electrons. The van der Waals surface area contributed by atoms with Gasteiger partial charge in [-0.3, -0.25) is 9.89 Å². The molecule has 0 bridgehead atoms. The van der Waals surface area contributed by atoms with Crippen LogP contribution in [0.25, 0.3) is 0 Å². The SMILES string of the molecule is CS(=O)(=O)c1ccc(NC(=O)c2n[nH]c(C3CC3)n2)cn1. The quantitative estimate of drug-likeness (QED) is 0.860. The van der Waals surface area contributed by atoms with E-state index in [0.29, 0.717) is 11.6 Å². The molecule has 1 aliphatic rings. The Morgan fingerprint density at radius 1 is 1.38 bits per heavy atom. The lowest BCUT2D eigenvalue weighted by atomic mass is 10.4. The number of carbonyl (C=O) groups is 1. The average molecular weight is 307 g/mol. The predicted molar refractivity (Wildman–Crippen MR) is 73.7 cm³/mol. The smallest absolute Gasteiger partial charge is 0.295 e. The zero-order valence-electron chi connectivity index (χ0n) is 11.2. The van der Waals surface area contributed by atoms with E-state index < -0.39 is 15.7 Å². The molecule has 2 heterocycles. The highest BCUT2D eigenvalue weighted by molar-refractivity contribution is 7.90. The van der Waals surface area contributed by atoms with Crippen molar-refractivity contribution in [1.82, 2.24) is 20.2 Å². The average Bonchev–Trinajstić information content (AvgIpc) is 3.16. The maximum Gasteiger partial charge on any atom is 0.295 e. The third-order valence-corrected chi connectivity index (χ3v) is 4.05. The summed E-state index contributed by atoms with van der Waals surface area (Å²) in [5.41, 5.74) is 0.380. The van der Waals surface area contributed by atoms with Crippen molar-refractivity contribution in [1.29, 1.82) is 0 Å². The van der Waals surface area contributed by atoms with Crippen molar-refractivity contribution in [3.63, 3.8) is 0 Å². The van der Waals surface area contributed by atoms with E-state index in [1.807, 2.05) is 0 Å². The van der Waals surface area contributed by atoms with Gasteiger partial charge in [0.1, 0.15) is 5.82 Å². The van der Waals surface area contributed by atoms with Crippen LogP contribution >= 0.6 is 0 Å². The number of hydrogen-bond acceptors (Lipinski definition) is 6. The van der Waals surface area contributed by atoms with Crippen LogP contribution in [-0.2, 0) is 9.84 Å². The van der Waals surface area contributed by atoms with E-state index in [0.717, 1.165) is 24.9 Å². The summed E-state index contributed by atoms with van der Waals surface area (Å²) in [6.07, 6.45) is 4.48. The molecule has 2 aromatic heterocycles. The first-order valence-electron chi connectivity index (χ1n) is 6.33. The van der Waals surface area contributed by atoms with Crippen LogP contribution in [-0.4, -0.2) is 40.7 Å². The fourth-order valence-electron chi connectivity index (χ4n) is 1.78. The first-order chi connectivity index (χ1) is 9.93. The van der Waals surface area contributed by atoms with E-state index >= 15 is 0 Å². The summed E-state index contributed by atoms with van der Waals surface area (Å²) in [7, 11) is -3.35. The molecule has 1 amide bonds. The number of anilines is 1. The molecule has 2 N–H and O–H groups in total. The van der Waals surface area contributed by atoms with Crippen molar-refractivity contribution in [2.75, 3.05) is 11.6 Å². The van der Waals surface area contributed by atoms with Gasteiger partial charge in [-0.15, -0.1) is 5.10 Å². The second kappa shape index (κ2) is 4.92. The van der Waals surface area contributed by atoms with Crippen molar-refractivity contribution >= 4 is 21.4 Å². The van der Waals surface area contributed by atoms with Gasteiger partial charge in [-0.05, 0) is 25.0 Å². The molecule has 1 fully saturated rings. The van der Waals surface area contributed by atoms with Crippen LogP contribution in [0.5, 0.6) is 0 Å². The summed E-state index contributed by atoms with van der Waals surface area (Å²) in [6.45, 7) is 0. The summed E-state index contributed by atoms with van der Waals surface area (Å²) in [4.78, 5) is 19.9. The van der Waals surface area contributed by atoms with Gasteiger partial charge in [-0.2, -0.15) is 0 Å². The highest BCUT2D eigenvalue weighted by atomic mass is 32.2. The van der Waals surface area contributed by atoms with E-state index in [1.54, 1.807) is 0 Å². The lowest BCUT2D eigenvalue weighted by Gasteiger charge is -2.02. The summed E-state index contributed by atoms with van der Waals surface area (Å²) in [5, 5.41) is 9.13. The lowest BCUT2D eigenvalue weighted by Crippen LogP contribution is -2.14. The molecule has 9 heteroatoms. The number of nitrogens with one attached hydrogen (secondary N) is 2. The van der Waals surface area contributed by atoms with Crippen LogP contribution in [0, 0.1) is 0 Å². The number of nitrogens with zero attached hydrogens (tertiary/aromatic N) is 3. The number of rotatable bonds is 4. The number of sulfone groups is 1. The van der Waals surface area contributed by atoms with Gasteiger partial charge in [0, 0.05) is 12.2 Å². The lowest BCUT2D eigenvalue weighted by molar-refractivity contribution is 0.101. The molecule has 0 unspecified atom stereocenters. The number of carbonyl (C=O) groups excluding carboxylic acids is 1. The standard InChI is InChI=1S/C12H13N5O3S/c1-21(19,20)9-5-4-8(6-13-9)14-12(18)11-15-10(16-17-11)7-2-3-7/h4-7H,2-3H2,1H3,(H,14,18)(H,15,16,17). The van der Waals surface area contributed by atoms with Crippen molar-refractivity contribution in [2.45, 2.75) is 23.8 Å². The second-order valence-corrected chi connectivity index (χ2v) is 6.89. The predicted octanol–water partition coefficient (Wildman–Crippen LogP) is 0.733. The van der Waals surface area contributed by atoms with E-state index in [-0.39, 0.29) is 10.9 Å². The summed E-state index contributed by atoms with van der Waals surface area (Å²) in [5.74, 6) is 0.705. The fraction of sp³-hybridized carbons (Fsp3) is 0.333. The topological polar surface area (TPSA) is 118 Å². The summed E-state index contributed by atoms with van der Waals surface area (Å²) in [6, 6.07) is 2.80. The van der Waals surface area contributed by atoms with Crippen molar-refractivity contribution < 1.29 is 13.2 Å². The van der Waals surface area contributed by atoms with Crippen molar-refractivity contribution in [2.24, 2.45) is 0 Å². The van der Waals surface area contributed by atoms with Crippen molar-refractivity contribution in [3.05, 3.63) is 30.0 Å². The number of aromatic amines is 1. The number of amides is 1. The Balaban J connectivity index is 1.71. The minimum atomic E-state index is -3.35. The van der Waals surface area contributed by atoms with Gasteiger partial charge in [-0.25, -0.2) is 18.4 Å². The van der Waals surface area contributed by atoms with Crippen LogP contribution in [0.1, 0.15) is 35.2 Å². The fourth-order valence-corrected chi connectivity index (χ4v) is 2.34. The minimum Gasteiger partial charge on any atom is -0.318 e. The van der Waals surface area contributed by atoms with Crippen LogP contribution in [0.15, 0.2) is 23.4 Å². The second-order valence-electron chi connectivity index (χ2n) is 4.93. The zero-order chi connectivity index (χ0) is 15.0. The monoisotopic (exact) mass is 307 g/mol. The maximum atomic E-state index is 12.0. The summed E-state index contributed by atoms with van der Waals surface area (Å²) < 4.78 is 22.6. The highest BCUT2D eigenvalue weighted by Gasteiger charge is 2.28. The van der Waals surface area contributed by atoms with Gasteiger partial charge < -0.3 is 5.32 Å². The Morgan fingerprint density at radius 3 is 2.71 bits per heavy atom. The maximum absolute atomic E-state index is 12.0. The largest absolute Gasteiger partial charge is 0.318 e. The molecular formula is C12H13N5O3S. The van der Waals surface area contributed by atoms with E-state index in [1.165, 1.54) is 18.3 Å². The molecule has 0 aliphatic heterocycles. The van der Waals surface area contributed by atoms with Gasteiger partial charge in [0.15, 0.2) is 14.9 Å². The van der Waals surface area contributed by atoms with Crippen LogP contribution in [0.2, 0.25) is 0 Å². The number of aromatic nitrogens is 4. The highest BCUT2D eigenvalue weighted by Crippen LogP contribution is 2.37. The van der Waals surface area contributed by atoms with Gasteiger partial charge in [0.2, 0.25) is 5.82 Å². The Kier molecular flexibility index (Phi) is 3.20. The first-order valence-corrected chi connectivity index (χ1v) is 8.22. The molecule has 0 radical (unpaired) electrons. The third-order valence-electron chi connectivity index (χ3n) is 3.04. The molecule has 0 atom stereocenters. The van der Waals surface area contributed by atoms with Crippen molar-refractivity contribution in [3.8, 4) is 0 Å². The molecular weight excluding hydrogens is 294 g/mol. The molecule has 1 saturated carbocycles. The van der Waals surface area contributed by atoms with Crippen LogP contribution in [0.4, 0.5) is 5.69 Å². The number of pyridine rings is 1. The molecule has 8 nitrogen and oxygen atoms in total. The zero-order valence-corrected chi connectivity index (χ0v) is 12.0. The van der Waals surface area contributed by atoms with E-state index in [9.17, 15) is 13.2 Å². The minimum absolute atomic E-state index is 0.0468. The van der Waals surface area contributed by atoms with E-state index in [4.69, 9.17) is 0 Å². The van der Waals surface area contributed by atoms with Gasteiger partial charge >= 0.3 is 0 Å². The number of H-pyrrole nitrogens is 1. The normalized spacial score (nSPS) is 14.9. The van der Waals surface area contributed by atoms with Gasteiger partial charge in [0.25, 0.3) is 5.91 Å². The third kappa shape index (κ3) is 3.07. The Morgan fingerprint density at radius 2 is 2.14 bits per heavy atom. The molecule has 2 aromatic rings. The molecule has 0 aromatic carbocycles.